The van der Waals surface area contributed by atoms with Gasteiger partial charge in [-0.3, -0.25) is 0 Å². The number of thioether (sulfide) groups is 1. The molecule has 1 atom stereocenters. The van der Waals surface area contributed by atoms with E-state index in [2.05, 4.69) is 25.9 Å². The quantitative estimate of drug-likeness (QED) is 0.334. The van der Waals surface area contributed by atoms with Gasteiger partial charge < -0.3 is 15.3 Å². The number of aryl methyl sites for hydroxylation is 2. The number of nitrogens with two attached hydrogens (primary N) is 1. The van der Waals surface area contributed by atoms with Crippen molar-refractivity contribution in [3.63, 3.8) is 0 Å². The minimum atomic E-state index is 0.0245. The molecule has 2 rings (SSSR count). The Kier molecular flexibility index (Phi) is 4.46. The number of anilines is 2. The first-order valence-electron chi connectivity index (χ1n) is 6.14. The van der Waals surface area contributed by atoms with E-state index in [-0.39, 0.29) is 6.04 Å². The Bertz CT molecular complexity index is 558. The smallest absolute Gasteiger partial charge is 0.191 e. The standard InChI is InChI=1S/C12H18N6OS/c1-6(11-7(2)18-19-8(11)3)14-9-5-10(17-13)16-12(15-9)20-4/h5-6H,13H2,1-4H3,(H2,14,15,16,17). The molecule has 1 unspecified atom stereocenters. The Labute approximate surface area is 121 Å². The summed E-state index contributed by atoms with van der Waals surface area (Å²) in [5.74, 6) is 7.48. The number of hydrogen-bond acceptors (Lipinski definition) is 8. The Morgan fingerprint density at radius 2 is 2.00 bits per heavy atom. The van der Waals surface area contributed by atoms with Crippen molar-refractivity contribution in [1.29, 1.82) is 0 Å². The van der Waals surface area contributed by atoms with Crippen LogP contribution in [0.1, 0.15) is 30.0 Å². The zero-order chi connectivity index (χ0) is 14.7. The highest BCUT2D eigenvalue weighted by Crippen LogP contribution is 2.25. The molecule has 0 aliphatic heterocycles. The maximum absolute atomic E-state index is 5.41. The van der Waals surface area contributed by atoms with E-state index in [1.165, 1.54) is 11.8 Å². The molecular formula is C12H18N6OS. The highest BCUT2D eigenvalue weighted by molar-refractivity contribution is 7.98. The van der Waals surface area contributed by atoms with Crippen LogP contribution in [0.15, 0.2) is 15.7 Å². The van der Waals surface area contributed by atoms with E-state index in [4.69, 9.17) is 10.4 Å². The van der Waals surface area contributed by atoms with Gasteiger partial charge in [0.25, 0.3) is 0 Å². The second kappa shape index (κ2) is 6.10. The van der Waals surface area contributed by atoms with Gasteiger partial charge in [-0.1, -0.05) is 16.9 Å². The van der Waals surface area contributed by atoms with Gasteiger partial charge in [-0.05, 0) is 27.0 Å². The first-order chi connectivity index (χ1) is 9.55. The van der Waals surface area contributed by atoms with Crippen molar-refractivity contribution in [3.05, 3.63) is 23.1 Å². The molecule has 2 aromatic heterocycles. The van der Waals surface area contributed by atoms with Crippen LogP contribution in [0.5, 0.6) is 0 Å². The number of nitrogens with zero attached hydrogens (tertiary/aromatic N) is 3. The van der Waals surface area contributed by atoms with Gasteiger partial charge in [0.2, 0.25) is 0 Å². The van der Waals surface area contributed by atoms with Gasteiger partial charge in [0.15, 0.2) is 5.16 Å². The van der Waals surface area contributed by atoms with Crippen molar-refractivity contribution in [2.24, 2.45) is 5.84 Å². The molecule has 0 fully saturated rings. The summed E-state index contributed by atoms with van der Waals surface area (Å²) < 4.78 is 5.18. The maximum Gasteiger partial charge on any atom is 0.191 e. The molecule has 0 aliphatic rings. The zero-order valence-electron chi connectivity index (χ0n) is 11.9. The van der Waals surface area contributed by atoms with Gasteiger partial charge in [-0.15, -0.1) is 0 Å². The van der Waals surface area contributed by atoms with Crippen LogP contribution in [-0.4, -0.2) is 21.4 Å². The van der Waals surface area contributed by atoms with Crippen LogP contribution in [-0.2, 0) is 0 Å². The molecule has 0 saturated carbocycles. The molecule has 4 N–H and O–H groups in total. The average Bonchev–Trinajstić information content (AvgIpc) is 2.77. The summed E-state index contributed by atoms with van der Waals surface area (Å²) in [6.07, 6.45) is 1.91. The third-order valence-corrected chi connectivity index (χ3v) is 3.47. The summed E-state index contributed by atoms with van der Waals surface area (Å²) in [5, 5.41) is 7.92. The summed E-state index contributed by atoms with van der Waals surface area (Å²) in [7, 11) is 0. The van der Waals surface area contributed by atoms with Crippen molar-refractivity contribution in [2.75, 3.05) is 17.0 Å². The molecule has 0 spiro atoms. The Morgan fingerprint density at radius 1 is 1.30 bits per heavy atom. The van der Waals surface area contributed by atoms with Crippen molar-refractivity contribution >= 4 is 23.4 Å². The van der Waals surface area contributed by atoms with E-state index < -0.39 is 0 Å². The fourth-order valence-corrected chi connectivity index (χ4v) is 2.45. The lowest BCUT2D eigenvalue weighted by molar-refractivity contribution is 0.392. The third-order valence-electron chi connectivity index (χ3n) is 2.92. The van der Waals surface area contributed by atoms with E-state index in [1.807, 2.05) is 27.0 Å². The molecule has 0 saturated heterocycles. The van der Waals surface area contributed by atoms with Gasteiger partial charge >= 0.3 is 0 Å². The topological polar surface area (TPSA) is 102 Å². The molecule has 2 heterocycles. The molecule has 8 heteroatoms. The Morgan fingerprint density at radius 3 is 2.55 bits per heavy atom. The minimum Gasteiger partial charge on any atom is -0.363 e. The van der Waals surface area contributed by atoms with Crippen LogP contribution in [0.3, 0.4) is 0 Å². The van der Waals surface area contributed by atoms with Crippen LogP contribution in [0.25, 0.3) is 0 Å². The molecule has 0 bridgehead atoms. The number of nitrogens with one attached hydrogen (secondary N) is 2. The molecule has 2 aromatic rings. The lowest BCUT2D eigenvalue weighted by Crippen LogP contribution is -2.13. The zero-order valence-corrected chi connectivity index (χ0v) is 12.7. The molecule has 0 aliphatic carbocycles. The number of rotatable bonds is 5. The highest BCUT2D eigenvalue weighted by atomic mass is 32.2. The van der Waals surface area contributed by atoms with Crippen LogP contribution in [0, 0.1) is 13.8 Å². The summed E-state index contributed by atoms with van der Waals surface area (Å²) in [5.41, 5.74) is 4.45. The minimum absolute atomic E-state index is 0.0245. The molecule has 0 amide bonds. The second-order valence-electron chi connectivity index (χ2n) is 4.37. The average molecular weight is 294 g/mol. The van der Waals surface area contributed by atoms with Gasteiger partial charge in [0, 0.05) is 11.6 Å². The van der Waals surface area contributed by atoms with E-state index in [1.54, 1.807) is 6.07 Å². The van der Waals surface area contributed by atoms with Crippen molar-refractivity contribution < 1.29 is 4.52 Å². The fraction of sp³-hybridized carbons (Fsp3) is 0.417. The summed E-state index contributed by atoms with van der Waals surface area (Å²) in [6.45, 7) is 5.85. The Balaban J connectivity index is 2.25. The second-order valence-corrected chi connectivity index (χ2v) is 5.15. The van der Waals surface area contributed by atoms with Gasteiger partial charge in [-0.2, -0.15) is 0 Å². The number of hydrazine groups is 1. The molecule has 7 nitrogen and oxygen atoms in total. The van der Waals surface area contributed by atoms with Crippen LogP contribution >= 0.6 is 11.8 Å². The van der Waals surface area contributed by atoms with E-state index in [0.717, 1.165) is 17.0 Å². The van der Waals surface area contributed by atoms with E-state index >= 15 is 0 Å². The van der Waals surface area contributed by atoms with Crippen LogP contribution in [0.2, 0.25) is 0 Å². The van der Waals surface area contributed by atoms with Gasteiger partial charge in [0.05, 0.1) is 11.7 Å². The maximum atomic E-state index is 5.41. The van der Waals surface area contributed by atoms with Crippen molar-refractivity contribution in [2.45, 2.75) is 32.0 Å². The predicted molar refractivity (Wildman–Crippen MR) is 79.6 cm³/mol. The summed E-state index contributed by atoms with van der Waals surface area (Å²) >= 11 is 1.45. The lowest BCUT2D eigenvalue weighted by Gasteiger charge is -2.15. The van der Waals surface area contributed by atoms with E-state index in [0.29, 0.717) is 16.8 Å². The summed E-state index contributed by atoms with van der Waals surface area (Å²) in [4.78, 5) is 8.62. The SMILES string of the molecule is CSc1nc(NN)cc(NC(C)c2c(C)noc2C)n1. The molecule has 108 valence electrons. The van der Waals surface area contributed by atoms with Crippen molar-refractivity contribution in [3.8, 4) is 0 Å². The Hall–Kier alpha value is -1.80. The monoisotopic (exact) mass is 294 g/mol. The largest absolute Gasteiger partial charge is 0.363 e. The molecule has 20 heavy (non-hydrogen) atoms. The molecule has 0 aromatic carbocycles. The number of aromatic nitrogens is 3. The van der Waals surface area contributed by atoms with Crippen molar-refractivity contribution in [1.82, 2.24) is 15.1 Å². The number of hydrogen-bond donors (Lipinski definition) is 3. The van der Waals surface area contributed by atoms with Crippen LogP contribution < -0.4 is 16.6 Å². The normalized spacial score (nSPS) is 12.2. The summed E-state index contributed by atoms with van der Waals surface area (Å²) in [6, 6.07) is 1.78. The van der Waals surface area contributed by atoms with Gasteiger partial charge in [-0.25, -0.2) is 15.8 Å². The van der Waals surface area contributed by atoms with Gasteiger partial charge in [0.1, 0.15) is 17.4 Å². The molecular weight excluding hydrogens is 276 g/mol. The lowest BCUT2D eigenvalue weighted by atomic mass is 10.1. The first kappa shape index (κ1) is 14.6. The third kappa shape index (κ3) is 3.02. The molecule has 0 radical (unpaired) electrons. The predicted octanol–water partition coefficient (Wildman–Crippen LogP) is 2.26. The fourth-order valence-electron chi connectivity index (χ4n) is 2.07. The first-order valence-corrected chi connectivity index (χ1v) is 7.36. The van der Waals surface area contributed by atoms with E-state index in [9.17, 15) is 0 Å². The van der Waals surface area contributed by atoms with Crippen LogP contribution in [0.4, 0.5) is 11.6 Å². The highest BCUT2D eigenvalue weighted by Gasteiger charge is 2.17. The number of nitrogen functional groups attached to an aromatic ring is 1.